The van der Waals surface area contributed by atoms with E-state index in [0.717, 1.165) is 25.3 Å². The molecule has 0 amide bonds. The third-order valence-electron chi connectivity index (χ3n) is 2.21. The predicted octanol–water partition coefficient (Wildman–Crippen LogP) is 1.05. The Labute approximate surface area is 108 Å². The van der Waals surface area contributed by atoms with E-state index in [-0.39, 0.29) is 0 Å². The summed E-state index contributed by atoms with van der Waals surface area (Å²) in [4.78, 5) is 0. The Hall–Kier alpha value is -0.980. The van der Waals surface area contributed by atoms with Crippen molar-refractivity contribution in [2.75, 3.05) is 39.6 Å². The van der Waals surface area contributed by atoms with Gasteiger partial charge in [0.2, 0.25) is 0 Å². The van der Waals surface area contributed by atoms with Gasteiger partial charge in [-0.3, -0.25) is 0 Å². The fourth-order valence-electron chi connectivity index (χ4n) is 1.35. The van der Waals surface area contributed by atoms with Gasteiger partial charge in [-0.05, 0) is 13.3 Å². The topological polar surface area (TPSA) is 58.4 Å². The molecule has 0 bridgehead atoms. The molecule has 0 unspecified atom stereocenters. The van der Waals surface area contributed by atoms with Crippen LogP contribution in [0.25, 0.3) is 0 Å². The van der Waals surface area contributed by atoms with E-state index < -0.39 is 0 Å². The van der Waals surface area contributed by atoms with Crippen molar-refractivity contribution in [3.8, 4) is 0 Å². The molecule has 0 fully saturated rings. The zero-order valence-electron chi connectivity index (χ0n) is 11.3. The van der Waals surface area contributed by atoms with Gasteiger partial charge < -0.3 is 14.2 Å². The number of aromatic nitrogens is 3. The van der Waals surface area contributed by atoms with Gasteiger partial charge in [-0.15, -0.1) is 5.10 Å². The van der Waals surface area contributed by atoms with Crippen LogP contribution in [-0.2, 0) is 20.8 Å². The fourth-order valence-corrected chi connectivity index (χ4v) is 1.35. The molecule has 0 N–H and O–H groups in total. The highest BCUT2D eigenvalue weighted by Gasteiger charge is 1.95. The minimum absolute atomic E-state index is 0.599. The van der Waals surface area contributed by atoms with Crippen LogP contribution in [0.15, 0.2) is 6.20 Å². The molecule has 0 saturated carbocycles. The maximum Gasteiger partial charge on any atom is 0.0796 e. The summed E-state index contributed by atoms with van der Waals surface area (Å²) < 4.78 is 17.8. The summed E-state index contributed by atoms with van der Waals surface area (Å²) in [6.45, 7) is 8.64. The van der Waals surface area contributed by atoms with Gasteiger partial charge in [0.15, 0.2) is 0 Å². The molecule has 0 spiro atoms. The number of rotatable bonds is 11. The molecular weight excluding hydrogens is 234 g/mol. The van der Waals surface area contributed by atoms with E-state index in [2.05, 4.69) is 17.2 Å². The first-order valence-electron chi connectivity index (χ1n) is 6.43. The first-order valence-corrected chi connectivity index (χ1v) is 6.43. The highest BCUT2D eigenvalue weighted by atomic mass is 16.5. The van der Waals surface area contributed by atoms with Gasteiger partial charge in [-0.25, -0.2) is 4.68 Å². The third-order valence-corrected chi connectivity index (χ3v) is 2.21. The third kappa shape index (κ3) is 7.37. The Bertz CT molecular complexity index is 305. The first-order chi connectivity index (χ1) is 8.83. The molecule has 0 atom stereocenters. The van der Waals surface area contributed by atoms with Crippen LogP contribution in [0.1, 0.15) is 19.0 Å². The van der Waals surface area contributed by atoms with Crippen LogP contribution in [0.2, 0.25) is 0 Å². The van der Waals surface area contributed by atoms with Crippen LogP contribution in [0.3, 0.4) is 0 Å². The molecule has 6 heteroatoms. The van der Waals surface area contributed by atoms with Crippen molar-refractivity contribution in [1.82, 2.24) is 15.0 Å². The second-order valence-electron chi connectivity index (χ2n) is 3.96. The Morgan fingerprint density at radius 1 is 1.00 bits per heavy atom. The van der Waals surface area contributed by atoms with Gasteiger partial charge in [0.05, 0.1) is 45.3 Å². The Kier molecular flexibility index (Phi) is 8.37. The molecule has 6 nitrogen and oxygen atoms in total. The largest absolute Gasteiger partial charge is 0.379 e. The molecule has 0 aliphatic rings. The lowest BCUT2D eigenvalue weighted by atomic mass is 10.5. The lowest BCUT2D eigenvalue weighted by molar-refractivity contribution is 0.0128. The zero-order valence-corrected chi connectivity index (χ0v) is 11.3. The number of nitrogens with zero attached hydrogens (tertiary/aromatic N) is 3. The smallest absolute Gasteiger partial charge is 0.0796 e. The van der Waals surface area contributed by atoms with Crippen LogP contribution in [0.5, 0.6) is 0 Å². The van der Waals surface area contributed by atoms with E-state index in [1.54, 1.807) is 4.68 Å². The van der Waals surface area contributed by atoms with Crippen LogP contribution in [0, 0.1) is 6.92 Å². The van der Waals surface area contributed by atoms with E-state index in [1.165, 1.54) is 0 Å². The summed E-state index contributed by atoms with van der Waals surface area (Å²) in [6.07, 6.45) is 2.94. The maximum absolute atomic E-state index is 5.42. The SMILES string of the molecule is CCCOCCOCCOCCn1cc(C)nn1. The highest BCUT2D eigenvalue weighted by molar-refractivity contribution is 4.86. The molecule has 1 aromatic heterocycles. The van der Waals surface area contributed by atoms with Crippen molar-refractivity contribution < 1.29 is 14.2 Å². The van der Waals surface area contributed by atoms with E-state index in [1.807, 2.05) is 13.1 Å². The summed E-state index contributed by atoms with van der Waals surface area (Å²) in [5, 5.41) is 7.83. The van der Waals surface area contributed by atoms with Gasteiger partial charge in [0.25, 0.3) is 0 Å². The van der Waals surface area contributed by atoms with E-state index in [4.69, 9.17) is 14.2 Å². The molecular formula is C12H23N3O3. The summed E-state index contributed by atoms with van der Waals surface area (Å²) in [5.41, 5.74) is 0.922. The summed E-state index contributed by atoms with van der Waals surface area (Å²) >= 11 is 0. The van der Waals surface area contributed by atoms with Crippen LogP contribution < -0.4 is 0 Å². The molecule has 1 aromatic rings. The Balaban J connectivity index is 1.81. The molecule has 18 heavy (non-hydrogen) atoms. The van der Waals surface area contributed by atoms with Crippen LogP contribution in [-0.4, -0.2) is 54.6 Å². The average molecular weight is 257 g/mol. The minimum atomic E-state index is 0.599. The molecule has 0 aromatic carbocycles. The number of ether oxygens (including phenoxy) is 3. The molecule has 104 valence electrons. The number of hydrogen-bond acceptors (Lipinski definition) is 5. The van der Waals surface area contributed by atoms with Gasteiger partial charge in [0, 0.05) is 12.8 Å². The summed E-state index contributed by atoms with van der Waals surface area (Å²) in [6, 6.07) is 0. The van der Waals surface area contributed by atoms with E-state index in [9.17, 15) is 0 Å². The fraction of sp³-hybridized carbons (Fsp3) is 0.833. The van der Waals surface area contributed by atoms with Crippen molar-refractivity contribution in [2.45, 2.75) is 26.8 Å². The molecule has 0 aliphatic carbocycles. The van der Waals surface area contributed by atoms with Crippen molar-refractivity contribution in [2.24, 2.45) is 0 Å². The summed E-state index contributed by atoms with van der Waals surface area (Å²) in [5.74, 6) is 0. The lowest BCUT2D eigenvalue weighted by Gasteiger charge is -2.06. The predicted molar refractivity (Wildman–Crippen MR) is 67.5 cm³/mol. The zero-order chi connectivity index (χ0) is 13.1. The van der Waals surface area contributed by atoms with Gasteiger partial charge in [-0.2, -0.15) is 0 Å². The highest BCUT2D eigenvalue weighted by Crippen LogP contribution is 1.89. The lowest BCUT2D eigenvalue weighted by Crippen LogP contribution is -2.12. The molecule has 0 saturated heterocycles. The van der Waals surface area contributed by atoms with Crippen molar-refractivity contribution in [3.63, 3.8) is 0 Å². The van der Waals surface area contributed by atoms with Crippen molar-refractivity contribution in [3.05, 3.63) is 11.9 Å². The molecule has 0 radical (unpaired) electrons. The normalized spacial score (nSPS) is 11.0. The Morgan fingerprint density at radius 3 is 2.17 bits per heavy atom. The van der Waals surface area contributed by atoms with Crippen LogP contribution >= 0.6 is 0 Å². The molecule has 0 aliphatic heterocycles. The monoisotopic (exact) mass is 257 g/mol. The number of aryl methyl sites for hydroxylation is 1. The first kappa shape index (κ1) is 15.1. The average Bonchev–Trinajstić information content (AvgIpc) is 2.77. The van der Waals surface area contributed by atoms with E-state index in [0.29, 0.717) is 33.0 Å². The second kappa shape index (κ2) is 9.99. The van der Waals surface area contributed by atoms with Gasteiger partial charge in [0.1, 0.15) is 0 Å². The second-order valence-corrected chi connectivity index (χ2v) is 3.96. The summed E-state index contributed by atoms with van der Waals surface area (Å²) in [7, 11) is 0. The van der Waals surface area contributed by atoms with Gasteiger partial charge >= 0.3 is 0 Å². The van der Waals surface area contributed by atoms with Crippen molar-refractivity contribution >= 4 is 0 Å². The van der Waals surface area contributed by atoms with E-state index >= 15 is 0 Å². The molecule has 1 heterocycles. The number of hydrogen-bond donors (Lipinski definition) is 0. The minimum Gasteiger partial charge on any atom is -0.379 e. The maximum atomic E-state index is 5.42. The standard InChI is InChI=1S/C12H23N3O3/c1-3-5-16-7-9-18-10-8-17-6-4-15-11-12(2)13-14-15/h11H,3-10H2,1-2H3. The molecule has 1 rings (SSSR count). The quantitative estimate of drug-likeness (QED) is 0.554. The van der Waals surface area contributed by atoms with Gasteiger partial charge in [-0.1, -0.05) is 12.1 Å². The van der Waals surface area contributed by atoms with Crippen LogP contribution in [0.4, 0.5) is 0 Å². The van der Waals surface area contributed by atoms with Crippen molar-refractivity contribution in [1.29, 1.82) is 0 Å². The Morgan fingerprint density at radius 2 is 1.61 bits per heavy atom.